The number of nitrogens with zero attached hydrogens (tertiary/aromatic N) is 3. The number of benzene rings is 2. The number of hydrogen-bond acceptors (Lipinski definition) is 9. The van der Waals surface area contributed by atoms with Gasteiger partial charge in [0.1, 0.15) is 11.5 Å². The van der Waals surface area contributed by atoms with Crippen LogP contribution in [0.1, 0.15) is 17.7 Å². The summed E-state index contributed by atoms with van der Waals surface area (Å²) in [5.74, 6) is -0.445. The fourth-order valence-electron chi connectivity index (χ4n) is 3.75. The first-order valence-corrected chi connectivity index (χ1v) is 14.6. The van der Waals surface area contributed by atoms with Crippen LogP contribution in [0.5, 0.6) is 11.5 Å². The second-order valence-electron chi connectivity index (χ2n) is 8.37. The van der Waals surface area contributed by atoms with Crippen LogP contribution in [0.25, 0.3) is 11.0 Å². The van der Waals surface area contributed by atoms with Crippen molar-refractivity contribution in [3.8, 4) is 11.5 Å². The molecule has 0 aliphatic carbocycles. The molecule has 0 spiro atoms. The van der Waals surface area contributed by atoms with E-state index in [2.05, 4.69) is 9.97 Å². The molecule has 1 unspecified atom stereocenters. The summed E-state index contributed by atoms with van der Waals surface area (Å²) in [5, 5.41) is 8.64. The number of methoxy groups -OCH3 is 1. The zero-order valence-corrected chi connectivity index (χ0v) is 22.9. The van der Waals surface area contributed by atoms with Gasteiger partial charge in [-0.25, -0.2) is 13.2 Å². The molecule has 0 amide bonds. The minimum atomic E-state index is -4.24. The van der Waals surface area contributed by atoms with Gasteiger partial charge in [0.2, 0.25) is 0 Å². The van der Waals surface area contributed by atoms with Crippen molar-refractivity contribution in [1.82, 2.24) is 13.9 Å². The molecule has 40 heavy (non-hydrogen) atoms. The minimum absolute atomic E-state index is 0. The maximum absolute atomic E-state index is 13.8. The molecular formula is C26H28N3NaO8S2. The van der Waals surface area contributed by atoms with Crippen LogP contribution >= 0.6 is 0 Å². The Morgan fingerprint density at radius 3 is 2.50 bits per heavy atom. The second kappa shape index (κ2) is 14.3. The molecule has 11 nitrogen and oxygen atoms in total. The van der Waals surface area contributed by atoms with Crippen LogP contribution in [0.3, 0.4) is 0 Å². The van der Waals surface area contributed by atoms with Crippen molar-refractivity contribution in [2.24, 2.45) is 0 Å². The summed E-state index contributed by atoms with van der Waals surface area (Å²) in [6.45, 7) is 2.24. The van der Waals surface area contributed by atoms with E-state index in [-0.39, 0.29) is 56.6 Å². The Balaban J connectivity index is 0.00000441. The fraction of sp³-hybridized carbons (Fsp3) is 0.269. The van der Waals surface area contributed by atoms with Crippen LogP contribution in [0, 0.1) is 6.92 Å². The maximum atomic E-state index is 13.8. The van der Waals surface area contributed by atoms with E-state index < -0.39 is 33.8 Å². The number of rotatable bonds is 13. The third-order valence-electron chi connectivity index (χ3n) is 5.70. The summed E-state index contributed by atoms with van der Waals surface area (Å²) in [7, 11) is -2.63. The van der Waals surface area contributed by atoms with Gasteiger partial charge in [0.05, 0.1) is 28.2 Å². The molecule has 2 aromatic heterocycles. The number of aromatic nitrogens is 3. The van der Waals surface area contributed by atoms with Gasteiger partial charge in [-0.3, -0.25) is 4.98 Å². The molecule has 0 saturated heterocycles. The average Bonchev–Trinajstić information content (AvgIpc) is 3.33. The first kappa shape index (κ1) is 31.9. The zero-order chi connectivity index (χ0) is 28.0. The fourth-order valence-corrected chi connectivity index (χ4v) is 6.80. The Morgan fingerprint density at radius 2 is 1.80 bits per heavy atom. The molecule has 4 rings (SSSR count). The van der Waals surface area contributed by atoms with Crippen LogP contribution in [-0.4, -0.2) is 94.5 Å². The molecule has 2 heterocycles. The van der Waals surface area contributed by atoms with Crippen molar-refractivity contribution in [1.29, 1.82) is 0 Å². The number of ether oxygens (including phenoxy) is 3. The van der Waals surface area contributed by atoms with Gasteiger partial charge >= 0.3 is 40.7 Å². The van der Waals surface area contributed by atoms with Crippen LogP contribution in [0.4, 0.5) is 0 Å². The van der Waals surface area contributed by atoms with E-state index in [4.69, 9.17) is 19.3 Å². The van der Waals surface area contributed by atoms with Gasteiger partial charge in [0.25, 0.3) is 10.0 Å². The van der Waals surface area contributed by atoms with Gasteiger partial charge in [0.15, 0.2) is 12.4 Å². The predicted molar refractivity (Wildman–Crippen MR) is 150 cm³/mol. The van der Waals surface area contributed by atoms with Gasteiger partial charge in [-0.2, -0.15) is 8.96 Å². The monoisotopic (exact) mass is 597 g/mol. The van der Waals surface area contributed by atoms with E-state index >= 15 is 0 Å². The Kier molecular flexibility index (Phi) is 11.4. The summed E-state index contributed by atoms with van der Waals surface area (Å²) in [4.78, 5) is 19.4. The molecule has 2 aromatic carbocycles. The van der Waals surface area contributed by atoms with Crippen molar-refractivity contribution in [3.05, 3.63) is 72.1 Å². The molecule has 0 saturated carbocycles. The molecule has 0 radical (unpaired) electrons. The van der Waals surface area contributed by atoms with Gasteiger partial charge in [-0.1, -0.05) is 12.1 Å². The van der Waals surface area contributed by atoms with Gasteiger partial charge in [-0.05, 0) is 49.4 Å². The van der Waals surface area contributed by atoms with E-state index in [0.29, 0.717) is 42.2 Å². The first-order chi connectivity index (χ1) is 18.7. The molecule has 208 valence electrons. The normalized spacial score (nSPS) is 12.1. The van der Waals surface area contributed by atoms with E-state index in [1.165, 1.54) is 24.3 Å². The molecule has 4 aromatic rings. The number of fused-ring (bicyclic) bond motifs is 1. The third-order valence-corrected chi connectivity index (χ3v) is 8.75. The van der Waals surface area contributed by atoms with Gasteiger partial charge in [-0.15, -0.1) is 0 Å². The number of hydrogen-bond donors (Lipinski definition) is 1. The van der Waals surface area contributed by atoms with Gasteiger partial charge in [0, 0.05) is 43.1 Å². The molecule has 0 aliphatic heterocycles. The molecule has 14 heteroatoms. The molecule has 0 bridgehead atoms. The van der Waals surface area contributed by atoms with Crippen LogP contribution in [0.2, 0.25) is 0 Å². The van der Waals surface area contributed by atoms with Crippen molar-refractivity contribution in [2.45, 2.75) is 29.1 Å². The Hall–Kier alpha value is -2.65. The Labute approximate surface area is 257 Å². The first-order valence-electron chi connectivity index (χ1n) is 11.8. The molecule has 0 aliphatic rings. The summed E-state index contributed by atoms with van der Waals surface area (Å²) < 4.78 is 58.1. The van der Waals surface area contributed by atoms with Crippen LogP contribution in [-0.2, 0) is 36.5 Å². The molecule has 0 fully saturated rings. The number of carboxylic acid groups (broad SMARTS) is 1. The van der Waals surface area contributed by atoms with Crippen molar-refractivity contribution < 1.29 is 37.1 Å². The Morgan fingerprint density at radius 1 is 1.07 bits per heavy atom. The van der Waals surface area contributed by atoms with Crippen molar-refractivity contribution in [3.63, 3.8) is 0 Å². The summed E-state index contributed by atoms with van der Waals surface area (Å²) in [5.41, 5.74) is 1.83. The van der Waals surface area contributed by atoms with Crippen molar-refractivity contribution >= 4 is 67.8 Å². The number of imidazole rings is 1. The predicted octanol–water partition coefficient (Wildman–Crippen LogP) is 2.51. The topological polar surface area (TPSA) is 153 Å². The number of para-hydroxylation sites is 2. The number of carbonyl (C=O) groups is 1. The summed E-state index contributed by atoms with van der Waals surface area (Å²) in [6, 6.07) is 13.6. The number of aliphatic carboxylic acids is 1. The standard InChI is InChI=1S/C26H27N3O8S2.Na.H/c1-18-22(27-13-12-24(18)36-15-5-14-35-2)17-38(32)26-28-21-6-3-4-7-23(21)29(26)39(33,34)20-10-8-19(9-11-20)37-16-25(30)31;;/h3-4,6-13H,5,14-17H2,1-2H3,(H,30,31);;. The number of carboxylic acids is 1. The second-order valence-corrected chi connectivity index (χ2v) is 11.5. The van der Waals surface area contributed by atoms with Crippen LogP contribution in [0.15, 0.2) is 70.8 Å². The van der Waals surface area contributed by atoms with Crippen molar-refractivity contribution in [2.75, 3.05) is 26.9 Å². The van der Waals surface area contributed by atoms with Gasteiger partial charge < -0.3 is 23.9 Å². The average molecular weight is 598 g/mol. The summed E-state index contributed by atoms with van der Waals surface area (Å²) >= 11 is -1.89. The van der Waals surface area contributed by atoms with Crippen LogP contribution < -0.4 is 9.47 Å². The van der Waals surface area contributed by atoms with E-state index in [1.807, 2.05) is 0 Å². The summed E-state index contributed by atoms with van der Waals surface area (Å²) in [6.07, 6.45) is 2.26. The third kappa shape index (κ3) is 7.35. The Bertz CT molecular complexity index is 1560. The van der Waals surface area contributed by atoms with E-state index in [0.717, 1.165) is 3.97 Å². The quantitative estimate of drug-likeness (QED) is 0.138. The SMILES string of the molecule is COCCCOc1ccnc(C[S+]([O-])c2nc3ccccc3n2S(=O)(=O)c2ccc(OCC(=O)O)cc2)c1C.[NaH]. The molecule has 1 atom stereocenters. The molecule has 1 N–H and O–H groups in total. The zero-order valence-electron chi connectivity index (χ0n) is 21.3. The van der Waals surface area contributed by atoms with E-state index in [1.54, 1.807) is 50.6 Å². The van der Waals surface area contributed by atoms with E-state index in [9.17, 15) is 17.8 Å². The molecular weight excluding hydrogens is 569 g/mol. The number of pyridine rings is 1.